The zero-order valence-electron chi connectivity index (χ0n) is 10.9. The molecule has 0 saturated carbocycles. The Hall–Kier alpha value is -1.90. The van der Waals surface area contributed by atoms with Crippen LogP contribution in [0.4, 0.5) is 24.5 Å². The number of pyridine rings is 1. The average molecular weight is 293 g/mol. The number of nitro groups is 1. The van der Waals surface area contributed by atoms with Gasteiger partial charge in [0.25, 0.3) is 0 Å². The number of ether oxygens (including phenoxy) is 1. The van der Waals surface area contributed by atoms with Gasteiger partial charge in [0.15, 0.2) is 0 Å². The first kappa shape index (κ1) is 16.2. The van der Waals surface area contributed by atoms with Crippen LogP contribution in [-0.2, 0) is 10.9 Å². The third kappa shape index (κ3) is 4.65. The zero-order chi connectivity index (χ0) is 15.3. The number of alkyl halides is 3. The first-order valence-electron chi connectivity index (χ1n) is 5.79. The van der Waals surface area contributed by atoms with Gasteiger partial charge in [-0.3, -0.25) is 10.1 Å². The Balaban J connectivity index is 2.87. The predicted octanol–water partition coefficient (Wildman–Crippen LogP) is 2.85. The lowest BCUT2D eigenvalue weighted by Crippen LogP contribution is -2.15. The van der Waals surface area contributed by atoms with E-state index in [4.69, 9.17) is 4.74 Å². The highest BCUT2D eigenvalue weighted by atomic mass is 19.4. The lowest BCUT2D eigenvalue weighted by molar-refractivity contribution is -0.384. The number of nitrogens with one attached hydrogen (secondary N) is 1. The molecule has 1 aromatic rings. The largest absolute Gasteiger partial charge is 0.433 e. The first-order valence-corrected chi connectivity index (χ1v) is 5.79. The Kier molecular flexibility index (Phi) is 5.26. The van der Waals surface area contributed by atoms with Gasteiger partial charge in [-0.1, -0.05) is 0 Å². The summed E-state index contributed by atoms with van der Waals surface area (Å²) >= 11 is 0. The van der Waals surface area contributed by atoms with E-state index in [-0.39, 0.29) is 24.9 Å². The van der Waals surface area contributed by atoms with Crippen molar-refractivity contribution in [2.45, 2.75) is 26.1 Å². The van der Waals surface area contributed by atoms with Crippen LogP contribution < -0.4 is 5.32 Å². The number of rotatable bonds is 6. The van der Waals surface area contributed by atoms with E-state index in [0.717, 1.165) is 0 Å². The summed E-state index contributed by atoms with van der Waals surface area (Å²) in [5.74, 6) is 0. The van der Waals surface area contributed by atoms with Gasteiger partial charge in [-0.25, -0.2) is 4.98 Å². The molecule has 6 nitrogen and oxygen atoms in total. The van der Waals surface area contributed by atoms with Gasteiger partial charge in [0, 0.05) is 6.54 Å². The molecule has 0 aliphatic carbocycles. The molecule has 0 radical (unpaired) electrons. The van der Waals surface area contributed by atoms with Crippen LogP contribution in [0.2, 0.25) is 0 Å². The van der Waals surface area contributed by atoms with Crippen LogP contribution in [0.3, 0.4) is 0 Å². The molecule has 1 aromatic heterocycles. The van der Waals surface area contributed by atoms with E-state index in [1.807, 2.05) is 0 Å². The van der Waals surface area contributed by atoms with E-state index in [1.165, 1.54) is 0 Å². The molecule has 1 heterocycles. The Labute approximate surface area is 113 Å². The number of halogens is 3. The van der Waals surface area contributed by atoms with Crippen molar-refractivity contribution >= 4 is 11.4 Å². The van der Waals surface area contributed by atoms with Crippen LogP contribution >= 0.6 is 0 Å². The summed E-state index contributed by atoms with van der Waals surface area (Å²) in [6.07, 6.45) is -4.09. The number of hydrogen-bond acceptors (Lipinski definition) is 5. The second-order valence-electron chi connectivity index (χ2n) is 4.19. The van der Waals surface area contributed by atoms with Gasteiger partial charge in [0.2, 0.25) is 0 Å². The van der Waals surface area contributed by atoms with E-state index < -0.39 is 22.5 Å². The highest BCUT2D eigenvalue weighted by Crippen LogP contribution is 2.32. The highest BCUT2D eigenvalue weighted by molar-refractivity contribution is 5.61. The maximum atomic E-state index is 12.5. The molecule has 0 atom stereocenters. The van der Waals surface area contributed by atoms with Crippen molar-refractivity contribution in [1.29, 1.82) is 0 Å². The lowest BCUT2D eigenvalue weighted by atomic mass is 10.2. The fraction of sp³-hybridized carbons (Fsp3) is 0.545. The van der Waals surface area contributed by atoms with E-state index in [1.54, 1.807) is 13.8 Å². The van der Waals surface area contributed by atoms with Crippen LogP contribution in [0.1, 0.15) is 19.5 Å². The van der Waals surface area contributed by atoms with E-state index in [0.29, 0.717) is 12.3 Å². The van der Waals surface area contributed by atoms with Gasteiger partial charge in [0.05, 0.1) is 17.6 Å². The second-order valence-corrected chi connectivity index (χ2v) is 4.19. The van der Waals surface area contributed by atoms with Crippen LogP contribution in [0.5, 0.6) is 0 Å². The number of nitrogens with zero attached hydrogens (tertiary/aromatic N) is 2. The van der Waals surface area contributed by atoms with E-state index in [2.05, 4.69) is 10.3 Å². The quantitative estimate of drug-likeness (QED) is 0.496. The maximum Gasteiger partial charge on any atom is 0.433 e. The minimum atomic E-state index is -4.65. The van der Waals surface area contributed by atoms with Crippen LogP contribution in [0, 0.1) is 10.1 Å². The normalized spacial score (nSPS) is 11.7. The SMILES string of the molecule is CC(C)OCCNc1cc(C(F)(F)F)ncc1[N+](=O)[O-]. The van der Waals surface area contributed by atoms with Crippen LogP contribution in [0.15, 0.2) is 12.3 Å². The van der Waals surface area contributed by atoms with Gasteiger partial charge in [-0.2, -0.15) is 13.2 Å². The summed E-state index contributed by atoms with van der Waals surface area (Å²) in [7, 11) is 0. The summed E-state index contributed by atoms with van der Waals surface area (Å²) in [5.41, 5.74) is -1.93. The van der Waals surface area contributed by atoms with E-state index >= 15 is 0 Å². The smallest absolute Gasteiger partial charge is 0.377 e. The summed E-state index contributed by atoms with van der Waals surface area (Å²) in [6, 6.07) is 0.619. The molecule has 20 heavy (non-hydrogen) atoms. The molecule has 0 fully saturated rings. The standard InChI is InChI=1S/C11H14F3N3O3/c1-7(2)20-4-3-15-8-5-10(11(12,13)14)16-6-9(8)17(18)19/h5-7H,3-4H2,1-2H3,(H,15,16). The van der Waals surface area contributed by atoms with Crippen molar-refractivity contribution in [3.63, 3.8) is 0 Å². The summed E-state index contributed by atoms with van der Waals surface area (Å²) in [5, 5.41) is 13.3. The van der Waals surface area contributed by atoms with Gasteiger partial charge in [0.1, 0.15) is 17.6 Å². The Morgan fingerprint density at radius 2 is 2.15 bits per heavy atom. The minimum absolute atomic E-state index is 0.0324. The summed E-state index contributed by atoms with van der Waals surface area (Å²) in [6.45, 7) is 3.98. The number of hydrogen-bond donors (Lipinski definition) is 1. The third-order valence-corrected chi connectivity index (χ3v) is 2.24. The molecular weight excluding hydrogens is 279 g/mol. The zero-order valence-corrected chi connectivity index (χ0v) is 10.9. The average Bonchev–Trinajstić information content (AvgIpc) is 2.32. The Morgan fingerprint density at radius 1 is 1.50 bits per heavy atom. The van der Waals surface area contributed by atoms with Crippen molar-refractivity contribution in [2.24, 2.45) is 0 Å². The minimum Gasteiger partial charge on any atom is -0.377 e. The van der Waals surface area contributed by atoms with Crippen molar-refractivity contribution in [1.82, 2.24) is 4.98 Å². The molecule has 0 unspecified atom stereocenters. The molecule has 112 valence electrons. The second kappa shape index (κ2) is 6.51. The van der Waals surface area contributed by atoms with Crippen molar-refractivity contribution in [2.75, 3.05) is 18.5 Å². The van der Waals surface area contributed by atoms with Crippen molar-refractivity contribution in [3.05, 3.63) is 28.1 Å². The molecule has 1 N–H and O–H groups in total. The highest BCUT2D eigenvalue weighted by Gasteiger charge is 2.34. The molecule has 0 saturated heterocycles. The van der Waals surface area contributed by atoms with Crippen molar-refractivity contribution in [3.8, 4) is 0 Å². The van der Waals surface area contributed by atoms with E-state index in [9.17, 15) is 23.3 Å². The van der Waals surface area contributed by atoms with Crippen molar-refractivity contribution < 1.29 is 22.8 Å². The molecule has 0 aliphatic rings. The van der Waals surface area contributed by atoms with Gasteiger partial charge in [-0.15, -0.1) is 0 Å². The molecule has 0 amide bonds. The fourth-order valence-corrected chi connectivity index (χ4v) is 1.37. The molecule has 0 bridgehead atoms. The molecule has 1 rings (SSSR count). The van der Waals surface area contributed by atoms with Gasteiger partial charge in [-0.05, 0) is 19.9 Å². The summed E-state index contributed by atoms with van der Waals surface area (Å²) in [4.78, 5) is 13.0. The van der Waals surface area contributed by atoms with Crippen LogP contribution in [0.25, 0.3) is 0 Å². The lowest BCUT2D eigenvalue weighted by Gasteiger charge is -2.11. The monoisotopic (exact) mass is 293 g/mol. The Bertz CT molecular complexity index is 478. The molecule has 9 heteroatoms. The Morgan fingerprint density at radius 3 is 2.65 bits per heavy atom. The molecule has 0 spiro atoms. The third-order valence-electron chi connectivity index (χ3n) is 2.24. The number of anilines is 1. The maximum absolute atomic E-state index is 12.5. The molecule has 0 aromatic carbocycles. The molecular formula is C11H14F3N3O3. The topological polar surface area (TPSA) is 77.3 Å². The molecule has 0 aliphatic heterocycles. The predicted molar refractivity (Wildman–Crippen MR) is 65.5 cm³/mol. The van der Waals surface area contributed by atoms with Gasteiger partial charge < -0.3 is 10.1 Å². The van der Waals surface area contributed by atoms with Crippen LogP contribution in [-0.4, -0.2) is 29.2 Å². The fourth-order valence-electron chi connectivity index (χ4n) is 1.37. The summed E-state index contributed by atoms with van der Waals surface area (Å²) < 4.78 is 42.7. The number of aromatic nitrogens is 1. The first-order chi connectivity index (χ1) is 9.21. The van der Waals surface area contributed by atoms with Gasteiger partial charge >= 0.3 is 11.9 Å².